The van der Waals surface area contributed by atoms with Crippen LogP contribution in [-0.4, -0.2) is 22.2 Å². The molecule has 0 spiro atoms. The first-order valence-electron chi connectivity index (χ1n) is 5.59. The third-order valence-corrected chi connectivity index (χ3v) is 5.82. The lowest BCUT2D eigenvalue weighted by atomic mass is 10.1. The second-order valence-electron chi connectivity index (χ2n) is 3.89. The Hall–Kier alpha value is -1.64. The van der Waals surface area contributed by atoms with Gasteiger partial charge in [0.2, 0.25) is 0 Å². The molecule has 0 aromatic heterocycles. The van der Waals surface area contributed by atoms with Gasteiger partial charge in [-0.3, -0.25) is 0 Å². The topological polar surface area (TPSA) is 158 Å². The van der Waals surface area contributed by atoms with Crippen LogP contribution in [0.15, 0.2) is 11.3 Å². The van der Waals surface area contributed by atoms with E-state index in [2.05, 4.69) is 5.32 Å². The van der Waals surface area contributed by atoms with Gasteiger partial charge in [-0.05, 0) is 67.8 Å². The Bertz CT molecular complexity index is 862. The van der Waals surface area contributed by atoms with E-state index in [9.17, 15) is 19.8 Å². The third-order valence-electron chi connectivity index (χ3n) is 2.58. The summed E-state index contributed by atoms with van der Waals surface area (Å²) in [6, 6.07) is 4.72. The highest BCUT2D eigenvalue weighted by Gasteiger charge is 2.28. The molecule has 0 atom stereocenters. The fraction of sp³-hybridized carbons (Fsp3) is 0. The molecule has 24 heavy (non-hydrogen) atoms. The van der Waals surface area contributed by atoms with Crippen molar-refractivity contribution in [1.82, 2.24) is 0 Å². The quantitative estimate of drug-likeness (QED) is 0.329. The van der Waals surface area contributed by atoms with Crippen molar-refractivity contribution < 1.29 is 19.8 Å². The molecule has 0 aliphatic heterocycles. The van der Waals surface area contributed by atoms with Crippen LogP contribution >= 0.6 is 67.8 Å². The van der Waals surface area contributed by atoms with Crippen molar-refractivity contribution in [3.63, 3.8) is 0 Å². The molecular formula is C13H3I3N4O4. The number of nitriles is 3. The predicted octanol–water partition coefficient (Wildman–Crippen LogP) is 3.13. The number of carboxylic acids is 2. The molecule has 1 aromatic carbocycles. The van der Waals surface area contributed by atoms with E-state index in [1.165, 1.54) is 0 Å². The number of allylic oxidation sites excluding steroid dienone is 2. The van der Waals surface area contributed by atoms with E-state index in [0.29, 0.717) is 0 Å². The van der Waals surface area contributed by atoms with Crippen LogP contribution in [0.1, 0.15) is 20.7 Å². The highest BCUT2D eigenvalue weighted by Crippen LogP contribution is 2.36. The van der Waals surface area contributed by atoms with Gasteiger partial charge in [-0.15, -0.1) is 0 Å². The standard InChI is InChI=1S/C13H3I3N4O4/c14-8-6(12(21)22)9(15)11(10(16)7(8)13(23)24)20-5(3-19)4(1-17)2-18/h20H,(H,21,22)(H,23,24). The van der Waals surface area contributed by atoms with Gasteiger partial charge in [-0.25, -0.2) is 9.59 Å². The number of hydrogen-bond donors (Lipinski definition) is 3. The Kier molecular flexibility index (Phi) is 7.19. The van der Waals surface area contributed by atoms with Crippen LogP contribution in [0, 0.1) is 44.7 Å². The molecule has 0 saturated carbocycles. The van der Waals surface area contributed by atoms with Crippen molar-refractivity contribution in [3.05, 3.63) is 33.1 Å². The summed E-state index contributed by atoms with van der Waals surface area (Å²) >= 11 is 5.03. The lowest BCUT2D eigenvalue weighted by Gasteiger charge is -2.16. The molecule has 3 N–H and O–H groups in total. The number of rotatable bonds is 4. The van der Waals surface area contributed by atoms with Crippen LogP contribution in [0.25, 0.3) is 0 Å². The van der Waals surface area contributed by atoms with Crippen molar-refractivity contribution in [2.45, 2.75) is 0 Å². The SMILES string of the molecule is N#CC(C#N)=C(C#N)Nc1c(I)c(C(=O)O)c(I)c(C(=O)O)c1I. The summed E-state index contributed by atoms with van der Waals surface area (Å²) in [5.74, 6) is -2.68. The zero-order chi connectivity index (χ0) is 18.6. The molecule has 0 aliphatic rings. The molecule has 0 heterocycles. The number of anilines is 1. The van der Waals surface area contributed by atoms with E-state index in [-0.39, 0.29) is 27.5 Å². The largest absolute Gasteiger partial charge is 0.478 e. The molecule has 0 saturated heterocycles. The van der Waals surface area contributed by atoms with Gasteiger partial charge < -0.3 is 15.5 Å². The zero-order valence-electron chi connectivity index (χ0n) is 11.2. The van der Waals surface area contributed by atoms with Crippen LogP contribution in [0.2, 0.25) is 0 Å². The summed E-state index contributed by atoms with van der Waals surface area (Å²) in [5.41, 5.74) is -1.36. The second-order valence-corrected chi connectivity index (χ2v) is 7.12. The number of halogens is 3. The zero-order valence-corrected chi connectivity index (χ0v) is 17.7. The van der Waals surface area contributed by atoms with Crippen molar-refractivity contribution >= 4 is 85.4 Å². The molecule has 120 valence electrons. The minimum Gasteiger partial charge on any atom is -0.478 e. The number of hydrogen-bond acceptors (Lipinski definition) is 6. The molecule has 1 aromatic rings. The van der Waals surface area contributed by atoms with Crippen molar-refractivity contribution in [1.29, 1.82) is 15.8 Å². The number of aromatic carboxylic acids is 2. The van der Waals surface area contributed by atoms with E-state index < -0.39 is 23.2 Å². The Balaban J connectivity index is 3.86. The lowest BCUT2D eigenvalue weighted by molar-refractivity contribution is 0.0694. The van der Waals surface area contributed by atoms with Crippen LogP contribution < -0.4 is 5.32 Å². The van der Waals surface area contributed by atoms with E-state index in [1.807, 2.05) is 0 Å². The molecule has 8 nitrogen and oxygen atoms in total. The third kappa shape index (κ3) is 3.88. The van der Waals surface area contributed by atoms with Crippen LogP contribution in [-0.2, 0) is 0 Å². The van der Waals surface area contributed by atoms with Crippen LogP contribution in [0.4, 0.5) is 5.69 Å². The molecule has 0 radical (unpaired) electrons. The fourth-order valence-electron chi connectivity index (χ4n) is 1.56. The summed E-state index contributed by atoms with van der Waals surface area (Å²) in [4.78, 5) is 22.9. The van der Waals surface area contributed by atoms with Crippen LogP contribution in [0.5, 0.6) is 0 Å². The minimum atomic E-state index is -1.34. The van der Waals surface area contributed by atoms with Gasteiger partial charge in [0, 0.05) is 3.57 Å². The maximum absolute atomic E-state index is 11.5. The predicted molar refractivity (Wildman–Crippen MR) is 106 cm³/mol. The summed E-state index contributed by atoms with van der Waals surface area (Å²) in [5, 5.41) is 48.0. The molecule has 0 bridgehead atoms. The van der Waals surface area contributed by atoms with Gasteiger partial charge in [-0.2, -0.15) is 15.8 Å². The Labute approximate surface area is 176 Å². The van der Waals surface area contributed by atoms with Gasteiger partial charge in [0.05, 0.1) is 24.0 Å². The van der Waals surface area contributed by atoms with Crippen molar-refractivity contribution in [2.75, 3.05) is 5.32 Å². The Morgan fingerprint density at radius 2 is 1.25 bits per heavy atom. The first-order chi connectivity index (χ1) is 11.2. The molecule has 11 heteroatoms. The van der Waals surface area contributed by atoms with Gasteiger partial charge in [0.25, 0.3) is 0 Å². The monoisotopic (exact) mass is 660 g/mol. The molecule has 0 unspecified atom stereocenters. The molecule has 0 aliphatic carbocycles. The highest BCUT2D eigenvalue weighted by atomic mass is 127. The maximum Gasteiger partial charge on any atom is 0.337 e. The molecule has 0 amide bonds. The number of nitrogens with one attached hydrogen (secondary N) is 1. The van der Waals surface area contributed by atoms with E-state index in [4.69, 9.17) is 15.8 Å². The van der Waals surface area contributed by atoms with Gasteiger partial charge in [0.1, 0.15) is 23.9 Å². The minimum absolute atomic E-state index is 0.0333. The number of benzene rings is 1. The Morgan fingerprint density at radius 1 is 0.833 bits per heavy atom. The smallest absolute Gasteiger partial charge is 0.337 e. The van der Waals surface area contributed by atoms with Crippen LogP contribution in [0.3, 0.4) is 0 Å². The molecule has 1 rings (SSSR count). The second kappa shape index (κ2) is 8.46. The maximum atomic E-state index is 11.5. The van der Waals surface area contributed by atoms with E-state index in [0.717, 1.165) is 0 Å². The number of carboxylic acid groups (broad SMARTS) is 2. The number of nitrogens with zero attached hydrogens (tertiary/aromatic N) is 3. The number of carbonyl (C=O) groups is 2. The summed E-state index contributed by atoms with van der Waals surface area (Å²) in [6.45, 7) is 0. The van der Waals surface area contributed by atoms with E-state index in [1.54, 1.807) is 86.0 Å². The molecular weight excluding hydrogens is 657 g/mol. The lowest BCUT2D eigenvalue weighted by Crippen LogP contribution is -2.16. The summed E-state index contributed by atoms with van der Waals surface area (Å²) < 4.78 is 0.346. The Morgan fingerprint density at radius 3 is 1.54 bits per heavy atom. The van der Waals surface area contributed by atoms with Gasteiger partial charge in [-0.1, -0.05) is 0 Å². The van der Waals surface area contributed by atoms with Crippen molar-refractivity contribution in [3.8, 4) is 18.2 Å². The van der Waals surface area contributed by atoms with E-state index >= 15 is 0 Å². The first kappa shape index (κ1) is 20.4. The average Bonchev–Trinajstić information content (AvgIpc) is 2.49. The van der Waals surface area contributed by atoms with Crippen molar-refractivity contribution in [2.24, 2.45) is 0 Å². The first-order valence-corrected chi connectivity index (χ1v) is 8.83. The normalized spacial score (nSPS) is 9.17. The van der Waals surface area contributed by atoms with Gasteiger partial charge >= 0.3 is 11.9 Å². The van der Waals surface area contributed by atoms with Gasteiger partial charge in [0.15, 0.2) is 5.57 Å². The summed E-state index contributed by atoms with van der Waals surface area (Å²) in [6.07, 6.45) is 0. The average molecular weight is 660 g/mol. The fourth-order valence-corrected chi connectivity index (χ4v) is 5.92. The highest BCUT2D eigenvalue weighted by molar-refractivity contribution is 14.1. The molecule has 0 fully saturated rings. The summed E-state index contributed by atoms with van der Waals surface area (Å²) in [7, 11) is 0.